The minimum atomic E-state index is -0.509. The van der Waals surface area contributed by atoms with Crippen LogP contribution < -0.4 is 20.5 Å². The number of hydrogen-bond acceptors (Lipinski definition) is 9. The molecule has 0 saturated heterocycles. The lowest BCUT2D eigenvalue weighted by Gasteiger charge is -2.18. The van der Waals surface area contributed by atoms with Crippen LogP contribution in [0.4, 0.5) is 5.00 Å². The average Bonchev–Trinajstić information content (AvgIpc) is 3.49. The second-order valence-electron chi connectivity index (χ2n) is 7.70. The molecule has 0 saturated carbocycles. The first-order valence-corrected chi connectivity index (χ1v) is 11.9. The molecule has 3 N–H and O–H groups in total. The zero-order valence-electron chi connectivity index (χ0n) is 17.2. The number of fused-ring (bicyclic) bond motifs is 2. The highest BCUT2D eigenvalue weighted by Gasteiger charge is 2.27. The topological polar surface area (TPSA) is 130 Å². The van der Waals surface area contributed by atoms with E-state index in [2.05, 4.69) is 22.4 Å². The SMILES string of the molecule is CC1CCc2c(sc(NC(=O)CSc3nnc(-c4ccc5c(c4)OCO5)o3)c2C(N)=O)C1. The maximum absolute atomic E-state index is 12.5. The number of thioether (sulfide) groups is 1. The van der Waals surface area contributed by atoms with Crippen LogP contribution in [-0.2, 0) is 17.6 Å². The number of aromatic nitrogens is 2. The van der Waals surface area contributed by atoms with E-state index in [9.17, 15) is 9.59 Å². The zero-order chi connectivity index (χ0) is 22.2. The number of carbonyl (C=O) groups is 2. The maximum atomic E-state index is 12.5. The van der Waals surface area contributed by atoms with E-state index in [1.807, 2.05) is 0 Å². The van der Waals surface area contributed by atoms with Crippen LogP contribution in [0, 0.1) is 5.92 Å². The number of nitrogens with two attached hydrogens (primary N) is 1. The fourth-order valence-electron chi connectivity index (χ4n) is 3.80. The van der Waals surface area contributed by atoms with Crippen molar-refractivity contribution < 1.29 is 23.5 Å². The zero-order valence-corrected chi connectivity index (χ0v) is 18.8. The number of primary amides is 1. The highest BCUT2D eigenvalue weighted by Crippen LogP contribution is 2.40. The standard InChI is InChI=1S/C21H20N4O5S2/c1-10-2-4-12-15(6-10)32-20(17(12)18(22)27)23-16(26)8-31-21-25-24-19(30-21)11-3-5-13-14(7-11)29-9-28-13/h3,5,7,10H,2,4,6,8-9H2,1H3,(H2,22,27)(H,23,26). The molecule has 166 valence electrons. The van der Waals surface area contributed by atoms with Crippen molar-refractivity contribution in [1.29, 1.82) is 0 Å². The summed E-state index contributed by atoms with van der Waals surface area (Å²) in [6, 6.07) is 5.34. The van der Waals surface area contributed by atoms with Crippen molar-refractivity contribution in [1.82, 2.24) is 10.2 Å². The van der Waals surface area contributed by atoms with E-state index in [1.54, 1.807) is 18.2 Å². The Hall–Kier alpha value is -3.05. The number of anilines is 1. The lowest BCUT2D eigenvalue weighted by molar-refractivity contribution is -0.113. The first kappa shape index (κ1) is 20.8. The molecule has 1 aliphatic heterocycles. The first-order chi connectivity index (χ1) is 15.5. The van der Waals surface area contributed by atoms with E-state index in [1.165, 1.54) is 11.3 Å². The van der Waals surface area contributed by atoms with Gasteiger partial charge >= 0.3 is 0 Å². The Morgan fingerprint density at radius 3 is 2.97 bits per heavy atom. The lowest BCUT2D eigenvalue weighted by atomic mass is 9.88. The van der Waals surface area contributed by atoms with Crippen molar-refractivity contribution in [2.75, 3.05) is 17.9 Å². The van der Waals surface area contributed by atoms with E-state index < -0.39 is 5.91 Å². The summed E-state index contributed by atoms with van der Waals surface area (Å²) in [6.07, 6.45) is 2.71. The van der Waals surface area contributed by atoms with Crippen LogP contribution in [-0.4, -0.2) is 34.6 Å². The number of nitrogens with zero attached hydrogens (tertiary/aromatic N) is 2. The van der Waals surface area contributed by atoms with E-state index in [-0.39, 0.29) is 23.7 Å². The average molecular weight is 473 g/mol. The number of benzene rings is 1. The van der Waals surface area contributed by atoms with Gasteiger partial charge in [0.25, 0.3) is 11.1 Å². The number of thiophene rings is 1. The van der Waals surface area contributed by atoms with Crippen molar-refractivity contribution in [2.45, 2.75) is 31.4 Å². The molecule has 9 nitrogen and oxygen atoms in total. The number of hydrogen-bond donors (Lipinski definition) is 2. The Bertz CT molecular complexity index is 1210. The summed E-state index contributed by atoms with van der Waals surface area (Å²) < 4.78 is 16.3. The van der Waals surface area contributed by atoms with Gasteiger partial charge in [0.05, 0.1) is 11.3 Å². The first-order valence-electron chi connectivity index (χ1n) is 10.1. The summed E-state index contributed by atoms with van der Waals surface area (Å²) >= 11 is 2.56. The molecule has 32 heavy (non-hydrogen) atoms. The summed E-state index contributed by atoms with van der Waals surface area (Å²) in [6.45, 7) is 2.37. The van der Waals surface area contributed by atoms with Crippen molar-refractivity contribution in [3.8, 4) is 23.0 Å². The smallest absolute Gasteiger partial charge is 0.277 e. The second kappa shape index (κ2) is 8.47. The van der Waals surface area contributed by atoms with Crippen LogP contribution in [0.2, 0.25) is 0 Å². The Kier molecular flexibility index (Phi) is 5.51. The summed E-state index contributed by atoms with van der Waals surface area (Å²) in [7, 11) is 0. The predicted octanol–water partition coefficient (Wildman–Crippen LogP) is 3.48. The minimum absolute atomic E-state index is 0.0555. The minimum Gasteiger partial charge on any atom is -0.454 e. The van der Waals surface area contributed by atoms with Gasteiger partial charge in [-0.3, -0.25) is 9.59 Å². The van der Waals surface area contributed by atoms with E-state index in [0.29, 0.717) is 39.4 Å². The molecule has 0 fully saturated rings. The molecule has 3 heterocycles. The molecule has 1 atom stereocenters. The van der Waals surface area contributed by atoms with Gasteiger partial charge in [-0.2, -0.15) is 0 Å². The van der Waals surface area contributed by atoms with E-state index in [4.69, 9.17) is 19.6 Å². The quantitative estimate of drug-likeness (QED) is 0.522. The molecule has 0 spiro atoms. The summed E-state index contributed by atoms with van der Waals surface area (Å²) in [4.78, 5) is 25.7. The van der Waals surface area contributed by atoms with Crippen molar-refractivity contribution in [2.24, 2.45) is 11.7 Å². The Morgan fingerprint density at radius 1 is 1.28 bits per heavy atom. The molecular formula is C21H20N4O5S2. The third-order valence-corrected chi connectivity index (χ3v) is 7.35. The lowest BCUT2D eigenvalue weighted by Crippen LogP contribution is -2.20. The molecule has 0 radical (unpaired) electrons. The van der Waals surface area contributed by atoms with Gasteiger partial charge in [-0.1, -0.05) is 18.7 Å². The number of nitrogens with one attached hydrogen (secondary N) is 1. The van der Waals surface area contributed by atoms with Gasteiger partial charge in [-0.25, -0.2) is 0 Å². The molecule has 1 aromatic carbocycles. The van der Waals surface area contributed by atoms with Crippen LogP contribution in [0.3, 0.4) is 0 Å². The summed E-state index contributed by atoms with van der Waals surface area (Å²) in [5, 5.41) is 11.7. The van der Waals surface area contributed by atoms with Crippen molar-refractivity contribution >= 4 is 39.9 Å². The molecular weight excluding hydrogens is 452 g/mol. The largest absolute Gasteiger partial charge is 0.454 e. The van der Waals surface area contributed by atoms with Gasteiger partial charge in [0, 0.05) is 10.4 Å². The number of rotatable bonds is 6. The highest BCUT2D eigenvalue weighted by atomic mass is 32.2. The molecule has 1 unspecified atom stereocenters. The van der Waals surface area contributed by atoms with Gasteiger partial charge in [0.2, 0.25) is 18.6 Å². The van der Waals surface area contributed by atoms with Gasteiger partial charge < -0.3 is 24.9 Å². The molecule has 2 aromatic heterocycles. The number of ether oxygens (including phenoxy) is 2. The van der Waals surface area contributed by atoms with Gasteiger partial charge in [0.15, 0.2) is 11.5 Å². The van der Waals surface area contributed by atoms with E-state index in [0.717, 1.165) is 41.5 Å². The molecule has 5 rings (SSSR count). The van der Waals surface area contributed by atoms with E-state index >= 15 is 0 Å². The third kappa shape index (κ3) is 4.05. The number of amides is 2. The molecule has 3 aromatic rings. The Labute approximate surface area is 191 Å². The molecule has 0 bridgehead atoms. The fourth-order valence-corrected chi connectivity index (χ4v) is 5.80. The second-order valence-corrected chi connectivity index (χ2v) is 9.73. The molecule has 2 aliphatic rings. The van der Waals surface area contributed by atoms with Crippen LogP contribution >= 0.6 is 23.1 Å². The van der Waals surface area contributed by atoms with Gasteiger partial charge in [-0.15, -0.1) is 21.5 Å². The summed E-state index contributed by atoms with van der Waals surface area (Å²) in [5.74, 6) is 1.43. The van der Waals surface area contributed by atoms with Gasteiger partial charge in [-0.05, 0) is 48.9 Å². The van der Waals surface area contributed by atoms with Crippen LogP contribution in [0.1, 0.15) is 34.1 Å². The van der Waals surface area contributed by atoms with Crippen LogP contribution in [0.5, 0.6) is 11.5 Å². The molecule has 11 heteroatoms. The third-order valence-electron chi connectivity index (χ3n) is 5.36. The summed E-state index contributed by atoms with van der Waals surface area (Å²) in [5.41, 5.74) is 7.73. The normalized spacial score (nSPS) is 16.6. The van der Waals surface area contributed by atoms with Crippen LogP contribution in [0.25, 0.3) is 11.5 Å². The monoisotopic (exact) mass is 472 g/mol. The Balaban J connectivity index is 1.24. The molecule has 1 aliphatic carbocycles. The predicted molar refractivity (Wildman–Crippen MR) is 119 cm³/mol. The van der Waals surface area contributed by atoms with Crippen molar-refractivity contribution in [3.63, 3.8) is 0 Å². The number of carbonyl (C=O) groups excluding carboxylic acids is 2. The Morgan fingerprint density at radius 2 is 2.12 bits per heavy atom. The maximum Gasteiger partial charge on any atom is 0.277 e. The van der Waals surface area contributed by atoms with Crippen molar-refractivity contribution in [3.05, 3.63) is 34.2 Å². The fraction of sp³-hybridized carbons (Fsp3) is 0.333. The van der Waals surface area contributed by atoms with Gasteiger partial charge in [0.1, 0.15) is 5.00 Å². The van der Waals surface area contributed by atoms with Crippen LogP contribution in [0.15, 0.2) is 27.8 Å². The highest BCUT2D eigenvalue weighted by molar-refractivity contribution is 7.99. The molecule has 2 amide bonds.